The number of ether oxygens (including phenoxy) is 1. The van der Waals surface area contributed by atoms with Crippen molar-refractivity contribution in [3.8, 4) is 0 Å². The first-order valence-electron chi connectivity index (χ1n) is 7.90. The third-order valence-corrected chi connectivity index (χ3v) is 3.55. The van der Waals surface area contributed by atoms with Gasteiger partial charge in [0.2, 0.25) is 5.78 Å². The lowest BCUT2D eigenvalue weighted by Gasteiger charge is -2.03. The lowest BCUT2D eigenvalue weighted by Crippen LogP contribution is -2.04. The summed E-state index contributed by atoms with van der Waals surface area (Å²) in [4.78, 5) is 23.7. The molecular weight excluding hydrogens is 318 g/mol. The van der Waals surface area contributed by atoms with Crippen LogP contribution in [0.15, 0.2) is 71.3 Å². The van der Waals surface area contributed by atoms with Gasteiger partial charge >= 0.3 is 5.97 Å². The number of benzene rings is 2. The highest BCUT2D eigenvalue weighted by Gasteiger charge is 2.09. The average Bonchev–Trinajstić information content (AvgIpc) is 3.07. The van der Waals surface area contributed by atoms with Crippen LogP contribution in [-0.4, -0.2) is 18.4 Å². The Hall–Kier alpha value is -3.34. The Morgan fingerprint density at radius 1 is 1.12 bits per heavy atom. The fraction of sp³-hybridized carbons (Fsp3) is 0.100. The number of rotatable bonds is 6. The van der Waals surface area contributed by atoms with E-state index in [2.05, 4.69) is 5.32 Å². The van der Waals surface area contributed by atoms with Crippen molar-refractivity contribution in [1.29, 1.82) is 0 Å². The largest absolute Gasteiger partial charge is 0.462 e. The van der Waals surface area contributed by atoms with Gasteiger partial charge in [0.1, 0.15) is 5.58 Å². The van der Waals surface area contributed by atoms with E-state index in [1.165, 1.54) is 12.3 Å². The number of anilines is 1. The van der Waals surface area contributed by atoms with Crippen molar-refractivity contribution in [2.24, 2.45) is 0 Å². The average molecular weight is 335 g/mol. The third-order valence-electron chi connectivity index (χ3n) is 3.55. The van der Waals surface area contributed by atoms with Crippen molar-refractivity contribution in [3.63, 3.8) is 0 Å². The minimum atomic E-state index is -0.357. The number of ketones is 1. The van der Waals surface area contributed by atoms with Gasteiger partial charge in [-0.2, -0.15) is 0 Å². The molecule has 0 atom stereocenters. The molecule has 0 radical (unpaired) electrons. The number of esters is 1. The molecule has 0 aliphatic rings. The predicted octanol–water partition coefficient (Wildman–Crippen LogP) is 4.42. The monoisotopic (exact) mass is 335 g/mol. The number of furan rings is 1. The lowest BCUT2D eigenvalue weighted by molar-refractivity contribution is 0.0526. The van der Waals surface area contributed by atoms with Gasteiger partial charge in [-0.3, -0.25) is 4.79 Å². The van der Waals surface area contributed by atoms with Crippen molar-refractivity contribution in [2.75, 3.05) is 11.9 Å². The first-order chi connectivity index (χ1) is 12.2. The summed E-state index contributed by atoms with van der Waals surface area (Å²) in [6, 6.07) is 16.0. The van der Waals surface area contributed by atoms with Crippen molar-refractivity contribution < 1.29 is 18.7 Å². The number of nitrogens with one attached hydrogen (secondary N) is 1. The summed E-state index contributed by atoms with van der Waals surface area (Å²) in [5.74, 6) is -0.298. The summed E-state index contributed by atoms with van der Waals surface area (Å²) in [6.07, 6.45) is 2.94. The maximum atomic E-state index is 12.1. The Labute approximate surface area is 144 Å². The molecule has 1 aromatic heterocycles. The number of fused-ring (bicyclic) bond motifs is 1. The van der Waals surface area contributed by atoms with Crippen molar-refractivity contribution in [2.45, 2.75) is 6.92 Å². The second kappa shape index (κ2) is 7.49. The van der Waals surface area contributed by atoms with Crippen LogP contribution in [0.2, 0.25) is 0 Å². The van der Waals surface area contributed by atoms with Crippen molar-refractivity contribution in [1.82, 2.24) is 0 Å². The zero-order valence-electron chi connectivity index (χ0n) is 13.7. The van der Waals surface area contributed by atoms with Gasteiger partial charge in [0.15, 0.2) is 5.76 Å². The topological polar surface area (TPSA) is 68.5 Å². The summed E-state index contributed by atoms with van der Waals surface area (Å²) < 4.78 is 10.4. The molecule has 0 saturated heterocycles. The number of hydrogen-bond donors (Lipinski definition) is 1. The van der Waals surface area contributed by atoms with Crippen LogP contribution in [0.1, 0.15) is 27.8 Å². The first kappa shape index (κ1) is 16.5. The summed E-state index contributed by atoms with van der Waals surface area (Å²) in [5, 5.41) is 3.87. The number of hydrogen-bond acceptors (Lipinski definition) is 5. The molecule has 25 heavy (non-hydrogen) atoms. The van der Waals surface area contributed by atoms with E-state index >= 15 is 0 Å². The van der Waals surface area contributed by atoms with Crippen molar-refractivity contribution >= 4 is 28.4 Å². The molecular formula is C20H17NO4. The molecule has 5 nitrogen and oxygen atoms in total. The van der Waals surface area contributed by atoms with E-state index in [-0.39, 0.29) is 17.5 Å². The van der Waals surface area contributed by atoms with E-state index < -0.39 is 0 Å². The fourth-order valence-corrected chi connectivity index (χ4v) is 2.32. The van der Waals surface area contributed by atoms with Crippen LogP contribution in [0.5, 0.6) is 0 Å². The third kappa shape index (κ3) is 3.95. The molecule has 2 aromatic carbocycles. The van der Waals surface area contributed by atoms with Gasteiger partial charge in [-0.05, 0) is 43.3 Å². The van der Waals surface area contributed by atoms with Gasteiger partial charge < -0.3 is 14.5 Å². The van der Waals surface area contributed by atoms with E-state index in [1.54, 1.807) is 37.3 Å². The van der Waals surface area contributed by atoms with Crippen LogP contribution in [0, 0.1) is 0 Å². The second-order valence-electron chi connectivity index (χ2n) is 5.29. The zero-order chi connectivity index (χ0) is 17.6. The minimum Gasteiger partial charge on any atom is -0.462 e. The van der Waals surface area contributed by atoms with E-state index in [9.17, 15) is 9.59 Å². The fourth-order valence-electron chi connectivity index (χ4n) is 2.32. The van der Waals surface area contributed by atoms with Crippen LogP contribution in [0.25, 0.3) is 11.0 Å². The Balaban J connectivity index is 1.62. The Kier molecular flexibility index (Phi) is 4.95. The molecule has 0 spiro atoms. The normalized spacial score (nSPS) is 10.9. The molecule has 5 heteroatoms. The molecule has 0 fully saturated rings. The zero-order valence-corrected chi connectivity index (χ0v) is 13.7. The molecule has 0 saturated carbocycles. The van der Waals surface area contributed by atoms with Gasteiger partial charge in [0.05, 0.1) is 12.2 Å². The van der Waals surface area contributed by atoms with Crippen LogP contribution < -0.4 is 5.32 Å². The van der Waals surface area contributed by atoms with Crippen LogP contribution in [0.4, 0.5) is 5.69 Å². The smallest absolute Gasteiger partial charge is 0.338 e. The highest BCUT2D eigenvalue weighted by molar-refractivity contribution is 6.04. The van der Waals surface area contributed by atoms with E-state index in [0.29, 0.717) is 17.8 Å². The molecule has 0 bridgehead atoms. The van der Waals surface area contributed by atoms with E-state index in [4.69, 9.17) is 9.15 Å². The molecule has 0 unspecified atom stereocenters. The molecule has 126 valence electrons. The second-order valence-corrected chi connectivity index (χ2v) is 5.29. The number of allylic oxidation sites excluding steroid dienone is 1. The highest BCUT2D eigenvalue weighted by atomic mass is 16.5. The maximum Gasteiger partial charge on any atom is 0.338 e. The van der Waals surface area contributed by atoms with Crippen molar-refractivity contribution in [3.05, 3.63) is 78.2 Å². The molecule has 1 N–H and O–H groups in total. The van der Waals surface area contributed by atoms with Gasteiger partial charge in [0.25, 0.3) is 0 Å². The van der Waals surface area contributed by atoms with Crippen LogP contribution >= 0.6 is 0 Å². The molecule has 0 amide bonds. The van der Waals surface area contributed by atoms with Crippen LogP contribution in [0.3, 0.4) is 0 Å². The highest BCUT2D eigenvalue weighted by Crippen LogP contribution is 2.19. The summed E-state index contributed by atoms with van der Waals surface area (Å²) in [5.41, 5.74) is 1.91. The standard InChI is InChI=1S/C20H17NO4/c1-2-24-20(23)14-7-9-16(10-8-14)21-12-11-17(22)19-13-15-5-3-4-6-18(15)25-19/h3-13,21H,2H2,1H3/b12-11+. The van der Waals surface area contributed by atoms with Crippen LogP contribution in [-0.2, 0) is 4.74 Å². The molecule has 0 aliphatic heterocycles. The van der Waals surface area contributed by atoms with E-state index in [0.717, 1.165) is 11.1 Å². The Morgan fingerprint density at radius 3 is 2.60 bits per heavy atom. The summed E-state index contributed by atoms with van der Waals surface area (Å²) in [6.45, 7) is 2.10. The minimum absolute atomic E-state index is 0.230. The number of carbonyl (C=O) groups excluding carboxylic acids is 2. The molecule has 1 heterocycles. The number of carbonyl (C=O) groups is 2. The SMILES string of the molecule is CCOC(=O)c1ccc(N/C=C/C(=O)c2cc3ccccc3o2)cc1. The molecule has 3 rings (SSSR count). The van der Waals surface area contributed by atoms with Gasteiger partial charge in [-0.1, -0.05) is 18.2 Å². The summed E-state index contributed by atoms with van der Waals surface area (Å²) >= 11 is 0. The first-order valence-corrected chi connectivity index (χ1v) is 7.90. The van der Waals surface area contributed by atoms with Gasteiger partial charge in [-0.15, -0.1) is 0 Å². The van der Waals surface area contributed by atoms with E-state index in [1.807, 2.05) is 24.3 Å². The predicted molar refractivity (Wildman–Crippen MR) is 95.7 cm³/mol. The molecule has 3 aromatic rings. The quantitative estimate of drug-likeness (QED) is 0.410. The summed E-state index contributed by atoms with van der Waals surface area (Å²) in [7, 11) is 0. The maximum absolute atomic E-state index is 12.1. The lowest BCUT2D eigenvalue weighted by atomic mass is 10.2. The molecule has 0 aliphatic carbocycles. The number of para-hydroxylation sites is 1. The Bertz CT molecular complexity index is 889. The van der Waals surface area contributed by atoms with Gasteiger partial charge in [-0.25, -0.2) is 4.79 Å². The Morgan fingerprint density at radius 2 is 1.88 bits per heavy atom. The van der Waals surface area contributed by atoms with Gasteiger partial charge in [0, 0.05) is 23.3 Å².